The predicted octanol–water partition coefficient (Wildman–Crippen LogP) is 1.62. The number of nitriles is 1. The highest BCUT2D eigenvalue weighted by Crippen LogP contribution is 2.17. The lowest BCUT2D eigenvalue weighted by Crippen LogP contribution is -2.45. The molecule has 2 amide bonds. The Labute approximate surface area is 157 Å². The van der Waals surface area contributed by atoms with Crippen molar-refractivity contribution < 1.29 is 19.4 Å². The molecule has 0 saturated heterocycles. The normalized spacial score (nSPS) is 12.4. The van der Waals surface area contributed by atoms with Crippen LogP contribution in [0.5, 0.6) is 5.75 Å². The number of aliphatic hydroxyl groups is 1. The van der Waals surface area contributed by atoms with E-state index in [2.05, 4.69) is 10.6 Å². The molecule has 7 nitrogen and oxygen atoms in total. The van der Waals surface area contributed by atoms with Crippen LogP contribution in [-0.4, -0.2) is 36.2 Å². The van der Waals surface area contributed by atoms with E-state index < -0.39 is 17.4 Å². The number of benzene rings is 2. The van der Waals surface area contributed by atoms with E-state index >= 15 is 0 Å². The number of hydrogen-bond acceptors (Lipinski definition) is 5. The lowest BCUT2D eigenvalue weighted by atomic mass is 9.96. The molecule has 0 fully saturated rings. The van der Waals surface area contributed by atoms with Gasteiger partial charge in [-0.1, -0.05) is 24.3 Å². The molecule has 0 aliphatic carbocycles. The van der Waals surface area contributed by atoms with Gasteiger partial charge in [-0.25, -0.2) is 0 Å². The first-order chi connectivity index (χ1) is 12.8. The highest BCUT2D eigenvalue weighted by Gasteiger charge is 2.24. The molecular weight excluding hydrogens is 346 g/mol. The third-order valence-electron chi connectivity index (χ3n) is 3.88. The number of nitrogens with zero attached hydrogens (tertiary/aromatic N) is 1. The topological polar surface area (TPSA) is 111 Å². The number of nitrogens with one attached hydrogen (secondary N) is 2. The molecule has 0 aliphatic rings. The van der Waals surface area contributed by atoms with Gasteiger partial charge in [0.25, 0.3) is 0 Å². The van der Waals surface area contributed by atoms with Crippen LogP contribution in [0.25, 0.3) is 0 Å². The van der Waals surface area contributed by atoms with Gasteiger partial charge in [0.15, 0.2) is 0 Å². The first-order valence-electron chi connectivity index (χ1n) is 8.28. The fourth-order valence-electron chi connectivity index (χ4n) is 2.47. The van der Waals surface area contributed by atoms with Crippen LogP contribution in [0.1, 0.15) is 18.1 Å². The zero-order valence-electron chi connectivity index (χ0n) is 15.2. The van der Waals surface area contributed by atoms with Crippen LogP contribution in [0, 0.1) is 11.3 Å². The standard InChI is InChI=1S/C20H21N3O4/c1-20(26,11-14-7-9-16(27-2)10-8-14)13-22-18(24)19(25)23-17-6-4-3-5-15(17)12-21/h3-10,26H,11,13H2,1-2H3,(H,22,24)(H,23,25). The smallest absolute Gasteiger partial charge is 0.313 e. The molecule has 0 saturated carbocycles. The lowest BCUT2D eigenvalue weighted by molar-refractivity contribution is -0.136. The Bertz CT molecular complexity index is 854. The maximum atomic E-state index is 12.0. The molecule has 3 N–H and O–H groups in total. The van der Waals surface area contributed by atoms with Crippen molar-refractivity contribution in [3.63, 3.8) is 0 Å². The van der Waals surface area contributed by atoms with E-state index in [0.29, 0.717) is 5.75 Å². The largest absolute Gasteiger partial charge is 0.497 e. The average molecular weight is 367 g/mol. The van der Waals surface area contributed by atoms with Gasteiger partial charge in [-0.3, -0.25) is 9.59 Å². The molecule has 0 heterocycles. The van der Waals surface area contributed by atoms with E-state index in [9.17, 15) is 14.7 Å². The van der Waals surface area contributed by atoms with Crippen LogP contribution in [-0.2, 0) is 16.0 Å². The fourth-order valence-corrected chi connectivity index (χ4v) is 2.47. The molecule has 0 bridgehead atoms. The summed E-state index contributed by atoms with van der Waals surface area (Å²) in [5.74, 6) is -1.09. The summed E-state index contributed by atoms with van der Waals surface area (Å²) in [5, 5.41) is 24.3. The molecule has 0 spiro atoms. The first-order valence-corrected chi connectivity index (χ1v) is 8.28. The van der Waals surface area contributed by atoms with Crippen LogP contribution in [0.4, 0.5) is 5.69 Å². The summed E-state index contributed by atoms with van der Waals surface area (Å²) in [7, 11) is 1.57. The van der Waals surface area contributed by atoms with Gasteiger partial charge < -0.3 is 20.5 Å². The average Bonchev–Trinajstić information content (AvgIpc) is 2.67. The number of carbonyl (C=O) groups excluding carboxylic acids is 2. The predicted molar refractivity (Wildman–Crippen MR) is 100 cm³/mol. The first kappa shape index (κ1) is 19.9. The zero-order chi connectivity index (χ0) is 19.9. The van der Waals surface area contributed by atoms with Crippen molar-refractivity contribution in [2.75, 3.05) is 19.0 Å². The third-order valence-corrected chi connectivity index (χ3v) is 3.88. The van der Waals surface area contributed by atoms with Gasteiger partial charge in [0.05, 0.1) is 24.0 Å². The van der Waals surface area contributed by atoms with Crippen LogP contribution < -0.4 is 15.4 Å². The fraction of sp³-hybridized carbons (Fsp3) is 0.250. The number of rotatable bonds is 6. The summed E-state index contributed by atoms with van der Waals surface area (Å²) in [4.78, 5) is 24.0. The van der Waals surface area contributed by atoms with Crippen molar-refractivity contribution >= 4 is 17.5 Å². The van der Waals surface area contributed by atoms with Crippen molar-refractivity contribution in [2.24, 2.45) is 0 Å². The second-order valence-corrected chi connectivity index (χ2v) is 6.32. The molecular formula is C20H21N3O4. The summed E-state index contributed by atoms with van der Waals surface area (Å²) in [5.41, 5.74) is 0.132. The van der Waals surface area contributed by atoms with Crippen molar-refractivity contribution in [3.8, 4) is 11.8 Å². The highest BCUT2D eigenvalue weighted by atomic mass is 16.5. The number of carbonyl (C=O) groups is 2. The Hall–Kier alpha value is -3.37. The minimum absolute atomic E-state index is 0.106. The molecule has 1 atom stereocenters. The van der Waals surface area contributed by atoms with Gasteiger partial charge in [0.2, 0.25) is 0 Å². The Balaban J connectivity index is 1.90. The number of ether oxygens (including phenoxy) is 1. The van der Waals surface area contributed by atoms with Gasteiger partial charge in [0, 0.05) is 13.0 Å². The molecule has 140 valence electrons. The van der Waals surface area contributed by atoms with Crippen molar-refractivity contribution in [1.29, 1.82) is 5.26 Å². The Morgan fingerprint density at radius 3 is 2.44 bits per heavy atom. The van der Waals surface area contributed by atoms with Crippen LogP contribution in [0.15, 0.2) is 48.5 Å². The van der Waals surface area contributed by atoms with Crippen molar-refractivity contribution in [3.05, 3.63) is 59.7 Å². The van der Waals surface area contributed by atoms with Crippen molar-refractivity contribution in [1.82, 2.24) is 5.32 Å². The van der Waals surface area contributed by atoms with Gasteiger partial charge in [0.1, 0.15) is 11.8 Å². The molecule has 0 radical (unpaired) electrons. The molecule has 2 rings (SSSR count). The van der Waals surface area contributed by atoms with Crippen LogP contribution >= 0.6 is 0 Å². The van der Waals surface area contributed by atoms with Gasteiger partial charge >= 0.3 is 11.8 Å². The molecule has 0 aliphatic heterocycles. The molecule has 27 heavy (non-hydrogen) atoms. The van der Waals surface area contributed by atoms with Gasteiger partial charge in [-0.15, -0.1) is 0 Å². The minimum atomic E-state index is -1.24. The summed E-state index contributed by atoms with van der Waals surface area (Å²) in [6.45, 7) is 1.46. The summed E-state index contributed by atoms with van der Waals surface area (Å²) < 4.78 is 5.09. The quantitative estimate of drug-likeness (QED) is 0.672. The molecule has 0 aromatic heterocycles. The Kier molecular flexibility index (Phi) is 6.52. The second-order valence-electron chi connectivity index (χ2n) is 6.32. The zero-order valence-corrected chi connectivity index (χ0v) is 15.2. The minimum Gasteiger partial charge on any atom is -0.497 e. The SMILES string of the molecule is COc1ccc(CC(C)(O)CNC(=O)C(=O)Nc2ccccc2C#N)cc1. The van der Waals surface area contributed by atoms with Crippen molar-refractivity contribution in [2.45, 2.75) is 18.9 Å². The van der Waals surface area contributed by atoms with Gasteiger partial charge in [-0.2, -0.15) is 5.26 Å². The van der Waals surface area contributed by atoms with Crippen LogP contribution in [0.3, 0.4) is 0 Å². The number of amides is 2. The highest BCUT2D eigenvalue weighted by molar-refractivity contribution is 6.39. The molecule has 1 unspecified atom stereocenters. The molecule has 2 aromatic rings. The van der Waals surface area contributed by atoms with E-state index in [4.69, 9.17) is 10.00 Å². The van der Waals surface area contributed by atoms with E-state index in [-0.39, 0.29) is 24.2 Å². The number of para-hydroxylation sites is 1. The summed E-state index contributed by atoms with van der Waals surface area (Å²) >= 11 is 0. The molecule has 7 heteroatoms. The lowest BCUT2D eigenvalue weighted by Gasteiger charge is -2.23. The number of anilines is 1. The Morgan fingerprint density at radius 1 is 1.15 bits per heavy atom. The maximum Gasteiger partial charge on any atom is 0.313 e. The van der Waals surface area contributed by atoms with Crippen LogP contribution in [0.2, 0.25) is 0 Å². The monoisotopic (exact) mass is 367 g/mol. The number of methoxy groups -OCH3 is 1. The maximum absolute atomic E-state index is 12.0. The van der Waals surface area contributed by atoms with E-state index in [1.807, 2.05) is 18.2 Å². The second kappa shape index (κ2) is 8.83. The summed E-state index contributed by atoms with van der Waals surface area (Å²) in [6.07, 6.45) is 0.288. The van der Waals surface area contributed by atoms with E-state index in [1.165, 1.54) is 12.1 Å². The molecule has 2 aromatic carbocycles. The van der Waals surface area contributed by atoms with E-state index in [0.717, 1.165) is 5.56 Å². The third kappa shape index (κ3) is 5.83. The van der Waals surface area contributed by atoms with E-state index in [1.54, 1.807) is 38.3 Å². The Morgan fingerprint density at radius 2 is 1.81 bits per heavy atom. The summed E-state index contributed by atoms with van der Waals surface area (Å²) in [6, 6.07) is 15.5. The van der Waals surface area contributed by atoms with Gasteiger partial charge in [-0.05, 0) is 36.8 Å². The number of hydrogen-bond donors (Lipinski definition) is 3.